The summed E-state index contributed by atoms with van der Waals surface area (Å²) in [5.41, 5.74) is 0.782. The monoisotopic (exact) mass is 457 g/mol. The highest BCUT2D eigenvalue weighted by Gasteiger charge is 2.19. The third-order valence-electron chi connectivity index (χ3n) is 4.80. The number of carbonyl (C=O) groups is 1. The van der Waals surface area contributed by atoms with Crippen molar-refractivity contribution in [2.75, 3.05) is 32.0 Å². The van der Waals surface area contributed by atoms with Crippen LogP contribution in [0.2, 0.25) is 0 Å². The van der Waals surface area contributed by atoms with Crippen molar-refractivity contribution in [2.45, 2.75) is 17.9 Å². The fourth-order valence-electron chi connectivity index (χ4n) is 3.10. The van der Waals surface area contributed by atoms with Gasteiger partial charge in [0.25, 0.3) is 15.9 Å². The zero-order chi connectivity index (χ0) is 23.1. The Morgan fingerprint density at radius 1 is 1.06 bits per heavy atom. The van der Waals surface area contributed by atoms with Crippen LogP contribution in [0.5, 0.6) is 5.75 Å². The lowest BCUT2D eigenvalue weighted by Crippen LogP contribution is -2.34. The Morgan fingerprint density at radius 2 is 1.75 bits per heavy atom. The van der Waals surface area contributed by atoms with Crippen molar-refractivity contribution in [3.8, 4) is 5.75 Å². The van der Waals surface area contributed by atoms with Gasteiger partial charge in [0.2, 0.25) is 0 Å². The number of hydrogen-bond donors (Lipinski definition) is 2. The molecule has 0 unspecified atom stereocenters. The molecule has 3 aromatic rings. The average molecular weight is 458 g/mol. The van der Waals surface area contributed by atoms with E-state index in [1.54, 1.807) is 36.6 Å². The summed E-state index contributed by atoms with van der Waals surface area (Å²) in [5, 5.41) is 2.86. The summed E-state index contributed by atoms with van der Waals surface area (Å²) >= 11 is 0. The van der Waals surface area contributed by atoms with Crippen LogP contribution in [0.1, 0.15) is 29.1 Å². The van der Waals surface area contributed by atoms with E-state index in [2.05, 4.69) is 10.0 Å². The lowest BCUT2D eigenvalue weighted by Gasteiger charge is -2.22. The molecular weight excluding hydrogens is 430 g/mol. The summed E-state index contributed by atoms with van der Waals surface area (Å²) < 4.78 is 38.6. The van der Waals surface area contributed by atoms with Crippen molar-refractivity contribution < 1.29 is 22.4 Å². The predicted molar refractivity (Wildman–Crippen MR) is 122 cm³/mol. The van der Waals surface area contributed by atoms with Crippen LogP contribution in [0.25, 0.3) is 0 Å². The van der Waals surface area contributed by atoms with Crippen molar-refractivity contribution in [3.05, 3.63) is 78.3 Å². The lowest BCUT2D eigenvalue weighted by molar-refractivity contribution is 0.0939. The van der Waals surface area contributed by atoms with Crippen LogP contribution in [0.4, 0.5) is 5.69 Å². The largest absolute Gasteiger partial charge is 0.494 e. The van der Waals surface area contributed by atoms with Crippen LogP contribution < -0.4 is 14.8 Å². The van der Waals surface area contributed by atoms with Crippen molar-refractivity contribution in [2.24, 2.45) is 0 Å². The van der Waals surface area contributed by atoms with Gasteiger partial charge in [0.05, 0.1) is 23.8 Å². The molecule has 0 aliphatic rings. The molecule has 1 aromatic heterocycles. The lowest BCUT2D eigenvalue weighted by atomic mass is 10.2. The Kier molecular flexibility index (Phi) is 7.55. The third kappa shape index (κ3) is 5.89. The van der Waals surface area contributed by atoms with E-state index in [1.165, 1.54) is 24.3 Å². The van der Waals surface area contributed by atoms with Gasteiger partial charge in [-0.3, -0.25) is 14.4 Å². The second-order valence-electron chi connectivity index (χ2n) is 7.29. The molecule has 2 N–H and O–H groups in total. The molecule has 0 saturated carbocycles. The number of likely N-dealkylation sites (N-methyl/N-ethyl adjacent to an activating group) is 1. The number of nitrogens with one attached hydrogen (secondary N) is 2. The summed E-state index contributed by atoms with van der Waals surface area (Å²) in [6.45, 7) is 2.75. The molecule has 0 aliphatic heterocycles. The Balaban J connectivity index is 1.63. The van der Waals surface area contributed by atoms with Gasteiger partial charge < -0.3 is 14.5 Å². The summed E-state index contributed by atoms with van der Waals surface area (Å²) in [6, 6.07) is 16.0. The zero-order valence-corrected chi connectivity index (χ0v) is 19.1. The van der Waals surface area contributed by atoms with E-state index >= 15 is 0 Å². The molecule has 3 rings (SSSR count). The van der Waals surface area contributed by atoms with E-state index in [0.29, 0.717) is 30.2 Å². The van der Waals surface area contributed by atoms with Crippen LogP contribution in [-0.2, 0) is 10.0 Å². The SMILES string of the molecule is CCOc1ccc(NS(=O)(=O)c2ccc(C(=O)NC[C@@H](c3ccco3)N(C)C)cc2)cc1. The number of benzene rings is 2. The Bertz CT molecular complexity index is 1110. The van der Waals surface area contributed by atoms with Gasteiger partial charge in [-0.05, 0) is 81.7 Å². The maximum absolute atomic E-state index is 12.7. The molecule has 1 atom stereocenters. The first-order valence-electron chi connectivity index (χ1n) is 10.1. The number of furan rings is 1. The third-order valence-corrected chi connectivity index (χ3v) is 6.19. The average Bonchev–Trinajstić information content (AvgIpc) is 3.29. The van der Waals surface area contributed by atoms with Crippen LogP contribution in [0.15, 0.2) is 76.2 Å². The van der Waals surface area contributed by atoms with Crippen molar-refractivity contribution in [1.82, 2.24) is 10.2 Å². The molecule has 0 spiro atoms. The minimum atomic E-state index is -3.79. The molecular formula is C23H27N3O5S. The van der Waals surface area contributed by atoms with E-state index in [1.807, 2.05) is 32.0 Å². The molecule has 170 valence electrons. The van der Waals surface area contributed by atoms with Gasteiger partial charge in [-0.1, -0.05) is 0 Å². The summed E-state index contributed by atoms with van der Waals surface area (Å²) in [7, 11) is 0.00926. The molecule has 0 radical (unpaired) electrons. The molecule has 8 nitrogen and oxygen atoms in total. The Labute approximate surface area is 188 Å². The minimum absolute atomic E-state index is 0.0599. The van der Waals surface area contributed by atoms with E-state index in [9.17, 15) is 13.2 Å². The molecule has 0 bridgehead atoms. The highest BCUT2D eigenvalue weighted by atomic mass is 32.2. The van der Waals surface area contributed by atoms with Crippen LogP contribution >= 0.6 is 0 Å². The van der Waals surface area contributed by atoms with Crippen LogP contribution in [0, 0.1) is 0 Å². The molecule has 2 aromatic carbocycles. The number of hydrogen-bond acceptors (Lipinski definition) is 6. The van der Waals surface area contributed by atoms with Gasteiger partial charge in [0.1, 0.15) is 11.5 Å². The molecule has 9 heteroatoms. The maximum Gasteiger partial charge on any atom is 0.261 e. The van der Waals surface area contributed by atoms with E-state index in [0.717, 1.165) is 5.76 Å². The molecule has 1 heterocycles. The second kappa shape index (κ2) is 10.3. The number of carbonyl (C=O) groups excluding carboxylic acids is 1. The summed E-state index contributed by atoms with van der Waals surface area (Å²) in [6.07, 6.45) is 1.59. The highest BCUT2D eigenvalue weighted by Crippen LogP contribution is 2.21. The normalized spacial score (nSPS) is 12.4. The number of sulfonamides is 1. The van der Waals surface area contributed by atoms with Gasteiger partial charge in [0, 0.05) is 17.8 Å². The van der Waals surface area contributed by atoms with E-state index in [-0.39, 0.29) is 16.8 Å². The van der Waals surface area contributed by atoms with Crippen molar-refractivity contribution >= 4 is 21.6 Å². The zero-order valence-electron chi connectivity index (χ0n) is 18.2. The van der Waals surface area contributed by atoms with Crippen molar-refractivity contribution in [1.29, 1.82) is 0 Å². The number of nitrogens with zero attached hydrogens (tertiary/aromatic N) is 1. The van der Waals surface area contributed by atoms with Crippen molar-refractivity contribution in [3.63, 3.8) is 0 Å². The fourth-order valence-corrected chi connectivity index (χ4v) is 4.15. The van der Waals surface area contributed by atoms with Crippen LogP contribution in [0.3, 0.4) is 0 Å². The minimum Gasteiger partial charge on any atom is -0.494 e. The number of rotatable bonds is 10. The molecule has 0 fully saturated rings. The van der Waals surface area contributed by atoms with Crippen LogP contribution in [-0.4, -0.2) is 46.5 Å². The first kappa shape index (κ1) is 23.4. The Hall–Kier alpha value is -3.30. The first-order valence-corrected chi connectivity index (χ1v) is 11.6. The smallest absolute Gasteiger partial charge is 0.261 e. The molecule has 32 heavy (non-hydrogen) atoms. The molecule has 1 amide bonds. The second-order valence-corrected chi connectivity index (χ2v) is 8.97. The van der Waals surface area contributed by atoms with Gasteiger partial charge in [-0.15, -0.1) is 0 Å². The summed E-state index contributed by atoms with van der Waals surface area (Å²) in [4.78, 5) is 14.5. The summed E-state index contributed by atoms with van der Waals surface area (Å²) in [5.74, 6) is 1.11. The highest BCUT2D eigenvalue weighted by molar-refractivity contribution is 7.92. The molecule has 0 saturated heterocycles. The number of anilines is 1. The number of ether oxygens (including phenoxy) is 1. The first-order chi connectivity index (χ1) is 15.3. The molecule has 0 aliphatic carbocycles. The quantitative estimate of drug-likeness (QED) is 0.483. The van der Waals surface area contributed by atoms with Gasteiger partial charge in [-0.25, -0.2) is 8.42 Å². The fraction of sp³-hybridized carbons (Fsp3) is 0.261. The standard InChI is InChI=1S/C23H27N3O5S/c1-4-30-19-11-9-18(10-12-19)25-32(28,29)20-13-7-17(8-14-20)23(27)24-16-21(26(2)3)22-6-5-15-31-22/h5-15,21,25H,4,16H2,1-3H3,(H,24,27)/t21-/m0/s1. The topological polar surface area (TPSA) is 101 Å². The number of amides is 1. The van der Waals surface area contributed by atoms with Gasteiger partial charge in [0.15, 0.2) is 0 Å². The Morgan fingerprint density at radius 3 is 2.31 bits per heavy atom. The maximum atomic E-state index is 12.7. The van der Waals surface area contributed by atoms with Gasteiger partial charge in [-0.2, -0.15) is 0 Å². The van der Waals surface area contributed by atoms with E-state index in [4.69, 9.17) is 9.15 Å². The van der Waals surface area contributed by atoms with Gasteiger partial charge >= 0.3 is 0 Å². The predicted octanol–water partition coefficient (Wildman–Crippen LogP) is 3.51. The van der Waals surface area contributed by atoms with E-state index < -0.39 is 10.0 Å².